The van der Waals surface area contributed by atoms with Crippen LogP contribution in [0.25, 0.3) is 10.9 Å². The number of rotatable bonds is 12. The van der Waals surface area contributed by atoms with E-state index in [1.54, 1.807) is 17.7 Å². The fourth-order valence-corrected chi connectivity index (χ4v) is 14.6. The van der Waals surface area contributed by atoms with Gasteiger partial charge in [0.1, 0.15) is 79.2 Å². The number of carbonyl (C=O) groups is 1. The smallest absolute Gasteiger partial charge is 0.349 e. The highest BCUT2D eigenvalue weighted by Crippen LogP contribution is 2.52. The van der Waals surface area contributed by atoms with Crippen molar-refractivity contribution in [3.05, 3.63) is 80.3 Å². The number of likely N-dealkylation sites (tertiary alicyclic amines) is 1. The summed E-state index contributed by atoms with van der Waals surface area (Å²) in [4.78, 5) is 20.6. The number of aliphatic hydroxyl groups excluding tert-OH is 8. The Bertz CT molecular complexity index is 2570. The molecule has 6 saturated heterocycles. The van der Waals surface area contributed by atoms with Crippen molar-refractivity contribution in [1.82, 2.24) is 9.88 Å². The number of carbonyl (C=O) groups excluding carboxylic acids is 1. The summed E-state index contributed by atoms with van der Waals surface area (Å²) in [6, 6.07) is 15.6. The summed E-state index contributed by atoms with van der Waals surface area (Å²) in [7, 11) is 0.826. The maximum absolute atomic E-state index is 13.1. The third-order valence-electron chi connectivity index (χ3n) is 15.9. The van der Waals surface area contributed by atoms with Gasteiger partial charge in [0.25, 0.3) is 10.1 Å². The number of hydrogen-bond acceptors (Lipinski definition) is 21. The summed E-state index contributed by atoms with van der Waals surface area (Å²) in [5, 5.41) is 93.1. The van der Waals surface area contributed by atoms with E-state index in [0.717, 1.165) is 29.2 Å². The van der Waals surface area contributed by atoms with E-state index in [9.17, 15) is 54.1 Å². The third kappa shape index (κ3) is 13.7. The number of aromatic amines is 1. The van der Waals surface area contributed by atoms with Crippen molar-refractivity contribution in [2.75, 3.05) is 58.7 Å². The number of hydrogen-bond donors (Lipinski definition) is 11. The Hall–Kier alpha value is -2.27. The highest BCUT2D eigenvalue weighted by atomic mass is 79.9. The summed E-state index contributed by atoms with van der Waals surface area (Å²) >= 11 is 4.76. The maximum Gasteiger partial charge on any atom is 0.349 e. The predicted molar refractivity (Wildman–Crippen MR) is 286 cm³/mol. The maximum atomic E-state index is 13.1. The number of thiophene rings is 2. The fourth-order valence-electron chi connectivity index (χ4n) is 12.2. The summed E-state index contributed by atoms with van der Waals surface area (Å²) < 4.78 is 53.8. The number of H-pyrrole nitrogens is 1. The van der Waals surface area contributed by atoms with Crippen LogP contribution in [0.4, 0.5) is 0 Å². The molecular weight excluding hydrogens is 1170 g/mol. The van der Waals surface area contributed by atoms with Crippen LogP contribution in [-0.4, -0.2) is 241 Å². The Morgan fingerprint density at radius 2 is 1.49 bits per heavy atom. The summed E-state index contributed by atoms with van der Waals surface area (Å²) in [6.07, 6.45) is -4.44. The first-order valence-electron chi connectivity index (χ1n) is 25.6. The Morgan fingerprint density at radius 3 is 2.04 bits per heavy atom. The van der Waals surface area contributed by atoms with Crippen molar-refractivity contribution in [1.29, 1.82) is 0 Å². The normalized spacial score (nSPS) is 35.3. The molecule has 7 aliphatic rings. The molecule has 1 aromatic carbocycles. The number of ether oxygens (including phenoxy) is 5. The molecule has 6 fully saturated rings. The molecule has 18 atom stereocenters. The first-order chi connectivity index (χ1) is 36.0. The molecule has 440 valence electrons. The molecule has 0 saturated carbocycles. The molecule has 11 rings (SSSR count). The molecule has 0 spiro atoms. The minimum atomic E-state index is -3.67. The monoisotopic (exact) mass is 1240 g/mol. The number of quaternary nitrogens is 1. The molecule has 13 N–H and O–H groups in total. The first-order valence-corrected chi connectivity index (χ1v) is 30.6. The van der Waals surface area contributed by atoms with Crippen LogP contribution >= 0.6 is 34.4 Å². The first kappa shape index (κ1) is 64.9. The number of morpholine rings is 1. The SMILES string of the molecule is CCCN1C[C@H](CSC)C[C@@H]2c3cccc4[nH]cc(c34)C[C@H]21.CS(=O)(=O)O.C[N+]1(C)[C@@H]2CC(OC(=O)C(O)(c3cccs3)c3cccs3)C[C@H]1[C@@H]1O[C@@H]12.O.OC[C@H]1O[C@@H](O[C@H]2[C@H](O)[C@@H](O)[C@H](O)O[C@@H]2CO)[C@H](O)[C@@H](O)[C@H]1O.[Br-]. The quantitative estimate of drug-likeness (QED) is 0.0290. The topological polar surface area (TPSA) is 353 Å². The van der Waals surface area contributed by atoms with Crippen LogP contribution in [0.2, 0.25) is 0 Å². The standard InChI is InChI=1S/C19H26N2S.C19H22NO4S2.C12H22O11.CH4O3S.BrH.H2O/c1-3-7-21-11-13(12-22-2)8-16-15-5-4-6-17-19(15)14(10-20-17)9-18(16)21;1-20(2)12-9-11(10-13(20)17-16(12)24-17)23-18(21)19(22,14-5-3-7-25-14)15-6-4-8-26-15;13-1-3-5(15)6(16)9(19)12(22-3)23-10-4(2-14)21-11(20)8(18)7(10)17;1-5(2,3)4;;/h4-6,10,13,16,18,20H,3,7-9,11-12H2,1-2H3;3-8,11-13,16-17,22H,9-10H2,1-2H3;3-20H,1-2H2;1H3,(H,2,3,4);1H;1H2/q;+1;;;;/p-1/t13-,16-,18-;11?,12-,13+,16-,17+;3-,4-,5+,6+,7-,8-,9-,10-,11-,12+;;;/m1.1.../s1. The van der Waals surface area contributed by atoms with Crippen LogP contribution in [0, 0.1) is 5.92 Å². The van der Waals surface area contributed by atoms with Crippen LogP contribution < -0.4 is 17.0 Å². The lowest BCUT2D eigenvalue weighted by atomic mass is 9.72. The molecular formula is C51H76BrN3O19S4. The largest absolute Gasteiger partial charge is 1.00 e. The van der Waals surface area contributed by atoms with Crippen molar-refractivity contribution in [2.24, 2.45) is 5.92 Å². The third-order valence-corrected chi connectivity index (χ3v) is 18.7. The average molecular weight is 1240 g/mol. The Morgan fingerprint density at radius 1 is 0.872 bits per heavy atom. The van der Waals surface area contributed by atoms with E-state index >= 15 is 0 Å². The summed E-state index contributed by atoms with van der Waals surface area (Å²) in [6.45, 7) is 3.52. The Kier molecular flexibility index (Phi) is 22.4. The molecule has 1 unspecified atom stereocenters. The van der Waals surface area contributed by atoms with Gasteiger partial charge in [-0.3, -0.25) is 9.45 Å². The second-order valence-corrected chi connectivity index (χ2v) is 25.5. The number of piperidine rings is 2. The molecule has 2 bridgehead atoms. The minimum Gasteiger partial charge on any atom is -1.00 e. The van der Waals surface area contributed by atoms with Crippen molar-refractivity contribution in [3.63, 3.8) is 0 Å². The minimum absolute atomic E-state index is 0. The van der Waals surface area contributed by atoms with Gasteiger partial charge in [0.05, 0.1) is 43.3 Å². The number of esters is 1. The fraction of sp³-hybridized carbons (Fsp3) is 0.667. The van der Waals surface area contributed by atoms with E-state index in [2.05, 4.69) is 61.6 Å². The van der Waals surface area contributed by atoms with Crippen molar-refractivity contribution in [3.8, 4) is 0 Å². The van der Waals surface area contributed by atoms with E-state index in [4.69, 9.17) is 33.3 Å². The van der Waals surface area contributed by atoms with Gasteiger partial charge in [0.2, 0.25) is 5.60 Å². The second kappa shape index (κ2) is 27.0. The van der Waals surface area contributed by atoms with Crippen LogP contribution in [0.1, 0.15) is 59.4 Å². The number of aliphatic hydroxyl groups is 9. The number of epoxide rings is 1. The molecule has 78 heavy (non-hydrogen) atoms. The second-order valence-electron chi connectivity index (χ2n) is 21.3. The Balaban J connectivity index is 0.000000180. The lowest BCUT2D eigenvalue weighted by Crippen LogP contribution is -3.00. The highest BCUT2D eigenvalue weighted by Gasteiger charge is 2.71. The van der Waals surface area contributed by atoms with Gasteiger partial charge in [-0.25, -0.2) is 4.79 Å². The molecule has 0 amide bonds. The Labute approximate surface area is 476 Å². The van der Waals surface area contributed by atoms with E-state index < -0.39 is 96.3 Å². The lowest BCUT2D eigenvalue weighted by molar-refractivity contribution is -0.938. The number of nitrogens with zero attached hydrogens (tertiary/aromatic N) is 2. The van der Waals surface area contributed by atoms with Crippen molar-refractivity contribution < 1.29 is 114 Å². The number of likely N-dealkylation sites (N-methyl/N-ethyl adjacent to an activating group) is 1. The van der Waals surface area contributed by atoms with Gasteiger partial charge < -0.3 is 102 Å². The van der Waals surface area contributed by atoms with Gasteiger partial charge in [-0.1, -0.05) is 31.2 Å². The number of halogens is 1. The number of nitrogens with one attached hydrogen (secondary N) is 1. The van der Waals surface area contributed by atoms with Crippen LogP contribution in [0.5, 0.6) is 0 Å². The molecule has 27 heteroatoms. The van der Waals surface area contributed by atoms with Gasteiger partial charge in [0, 0.05) is 48.4 Å². The number of aromatic nitrogens is 1. The molecule has 22 nitrogen and oxygen atoms in total. The summed E-state index contributed by atoms with van der Waals surface area (Å²) in [5.41, 5.74) is 2.76. The number of thioether (sulfide) groups is 1. The average Bonchev–Trinajstić information content (AvgIpc) is 3.80. The van der Waals surface area contributed by atoms with E-state index in [1.807, 2.05) is 34.7 Å². The lowest BCUT2D eigenvalue weighted by Gasteiger charge is -2.47. The van der Waals surface area contributed by atoms with Gasteiger partial charge in [-0.2, -0.15) is 20.2 Å². The zero-order valence-electron chi connectivity index (χ0n) is 43.9. The van der Waals surface area contributed by atoms with Gasteiger partial charge in [-0.05, 0) is 83.8 Å². The molecule has 3 aromatic heterocycles. The number of benzene rings is 1. The number of fused-ring (bicyclic) bond motifs is 7. The molecule has 4 aromatic rings. The van der Waals surface area contributed by atoms with E-state index in [1.165, 1.54) is 77.2 Å². The molecule has 1 aliphatic carbocycles. The van der Waals surface area contributed by atoms with Crippen LogP contribution in [0.3, 0.4) is 0 Å². The van der Waals surface area contributed by atoms with Gasteiger partial charge >= 0.3 is 5.97 Å². The summed E-state index contributed by atoms with van der Waals surface area (Å²) in [5.74, 6) is 2.32. The van der Waals surface area contributed by atoms with Crippen LogP contribution in [0.15, 0.2) is 59.4 Å². The molecule has 9 heterocycles. The molecule has 6 aliphatic heterocycles. The molecule has 0 radical (unpaired) electrons. The predicted octanol–water partition coefficient (Wildman–Crippen LogP) is -3.10. The van der Waals surface area contributed by atoms with Gasteiger partial charge in [0.15, 0.2) is 12.6 Å². The zero-order chi connectivity index (χ0) is 55.0. The highest BCUT2D eigenvalue weighted by molar-refractivity contribution is 7.98. The van der Waals surface area contributed by atoms with Crippen molar-refractivity contribution >= 4 is 61.4 Å². The van der Waals surface area contributed by atoms with E-state index in [-0.39, 0.29) is 28.6 Å². The zero-order valence-corrected chi connectivity index (χ0v) is 48.7. The van der Waals surface area contributed by atoms with Gasteiger partial charge in [-0.15, -0.1) is 22.7 Å². The van der Waals surface area contributed by atoms with E-state index in [0.29, 0.717) is 46.3 Å². The van der Waals surface area contributed by atoms with Crippen LogP contribution in [-0.2, 0) is 50.6 Å². The van der Waals surface area contributed by atoms with Crippen molar-refractivity contribution in [2.45, 2.75) is 148 Å².